The van der Waals surface area contributed by atoms with Gasteiger partial charge in [0, 0.05) is 6.54 Å². The fourth-order valence-electron chi connectivity index (χ4n) is 3.17. The number of carbonyl (C=O) groups is 1. The summed E-state index contributed by atoms with van der Waals surface area (Å²) in [6.07, 6.45) is 0.967. The number of anilines is 1. The summed E-state index contributed by atoms with van der Waals surface area (Å²) in [7, 11) is 0. The number of rotatable bonds is 4. The Morgan fingerprint density at radius 3 is 2.88 bits per heavy atom. The maximum atomic E-state index is 13.2. The zero-order valence-electron chi connectivity index (χ0n) is 14.3. The molecule has 0 aliphatic carbocycles. The molecule has 2 aromatic carbocycles. The molecule has 26 heavy (non-hydrogen) atoms. The van der Waals surface area contributed by atoms with E-state index in [9.17, 15) is 9.18 Å². The molecule has 0 radical (unpaired) electrons. The van der Waals surface area contributed by atoms with E-state index in [1.165, 1.54) is 29.0 Å². The molecule has 134 valence electrons. The van der Waals surface area contributed by atoms with Gasteiger partial charge in [0.05, 0.1) is 22.2 Å². The minimum absolute atomic E-state index is 0.105. The number of thiazole rings is 1. The fraction of sp³-hybridized carbons (Fsp3) is 0.263. The number of nitrogens with zero attached hydrogens (tertiary/aromatic N) is 1. The summed E-state index contributed by atoms with van der Waals surface area (Å²) >= 11 is 1.48. The van der Waals surface area contributed by atoms with E-state index in [0.29, 0.717) is 11.7 Å². The van der Waals surface area contributed by atoms with E-state index >= 15 is 0 Å². The average Bonchev–Trinajstić information content (AvgIpc) is 3.28. The standard InChI is InChI=1S/C19H19FN4OS/c1-2-11-3-8-15-16(9-11)26-19(22-15)23-18(25)14-10-21-24-17(14)12-4-6-13(20)7-5-12/h3-9,14,17,21,24H,2,10H2,1H3,(H,22,23,25). The molecule has 2 heterocycles. The van der Waals surface area contributed by atoms with Crippen LogP contribution >= 0.6 is 11.3 Å². The molecule has 0 saturated carbocycles. The second-order valence-corrected chi connectivity index (χ2v) is 7.36. The molecule has 3 N–H and O–H groups in total. The first-order valence-corrected chi connectivity index (χ1v) is 9.40. The number of carbonyl (C=O) groups excluding carboxylic acids is 1. The summed E-state index contributed by atoms with van der Waals surface area (Å²) in [5.74, 6) is -0.702. The van der Waals surface area contributed by atoms with E-state index in [2.05, 4.69) is 40.2 Å². The summed E-state index contributed by atoms with van der Waals surface area (Å²) in [6.45, 7) is 2.61. The molecule has 3 aromatic rings. The molecule has 1 aromatic heterocycles. The lowest BCUT2D eigenvalue weighted by molar-refractivity contribution is -0.119. The molecule has 1 aliphatic heterocycles. The average molecular weight is 370 g/mol. The van der Waals surface area contributed by atoms with Gasteiger partial charge in [0.15, 0.2) is 5.13 Å². The zero-order valence-corrected chi connectivity index (χ0v) is 15.1. The van der Waals surface area contributed by atoms with Crippen molar-refractivity contribution in [3.05, 3.63) is 59.4 Å². The maximum Gasteiger partial charge on any atom is 0.232 e. The molecule has 2 unspecified atom stereocenters. The van der Waals surface area contributed by atoms with Gasteiger partial charge in [-0.2, -0.15) is 0 Å². The SMILES string of the molecule is CCc1ccc2nc(NC(=O)C3CNNC3c3ccc(F)cc3)sc2c1. The van der Waals surface area contributed by atoms with Crippen molar-refractivity contribution >= 4 is 32.6 Å². The van der Waals surface area contributed by atoms with Gasteiger partial charge in [-0.1, -0.05) is 36.5 Å². The lowest BCUT2D eigenvalue weighted by atomic mass is 9.94. The number of hydrogen-bond acceptors (Lipinski definition) is 5. The van der Waals surface area contributed by atoms with Crippen molar-refractivity contribution in [2.45, 2.75) is 19.4 Å². The van der Waals surface area contributed by atoms with Gasteiger partial charge in [0.1, 0.15) is 5.82 Å². The van der Waals surface area contributed by atoms with Crippen LogP contribution in [0, 0.1) is 11.7 Å². The molecule has 2 atom stereocenters. The van der Waals surface area contributed by atoms with Crippen LogP contribution in [0.4, 0.5) is 9.52 Å². The van der Waals surface area contributed by atoms with E-state index in [1.807, 2.05) is 6.07 Å². The third kappa shape index (κ3) is 3.33. The van der Waals surface area contributed by atoms with Crippen molar-refractivity contribution in [3.63, 3.8) is 0 Å². The number of nitrogens with one attached hydrogen (secondary N) is 3. The molecule has 0 spiro atoms. The Kier molecular flexibility index (Phi) is 4.67. The summed E-state index contributed by atoms with van der Waals surface area (Å²) in [5.41, 5.74) is 9.13. The van der Waals surface area contributed by atoms with Gasteiger partial charge in [0.25, 0.3) is 0 Å². The van der Waals surface area contributed by atoms with Gasteiger partial charge in [-0.15, -0.1) is 0 Å². The van der Waals surface area contributed by atoms with Gasteiger partial charge in [-0.25, -0.2) is 14.8 Å². The number of aromatic nitrogens is 1. The van der Waals surface area contributed by atoms with Crippen molar-refractivity contribution in [1.29, 1.82) is 0 Å². The van der Waals surface area contributed by atoms with Crippen LogP contribution in [-0.4, -0.2) is 17.4 Å². The van der Waals surface area contributed by atoms with Crippen molar-refractivity contribution in [2.24, 2.45) is 5.92 Å². The van der Waals surface area contributed by atoms with Crippen molar-refractivity contribution in [2.75, 3.05) is 11.9 Å². The molecule has 0 bridgehead atoms. The largest absolute Gasteiger partial charge is 0.302 e. The van der Waals surface area contributed by atoms with Crippen LogP contribution in [0.1, 0.15) is 24.1 Å². The summed E-state index contributed by atoms with van der Waals surface area (Å²) in [6, 6.07) is 12.2. The molecule has 1 fully saturated rings. The molecule has 1 aliphatic rings. The molecule has 1 amide bonds. The van der Waals surface area contributed by atoms with Crippen molar-refractivity contribution in [1.82, 2.24) is 15.8 Å². The normalized spacial score (nSPS) is 19.8. The highest BCUT2D eigenvalue weighted by Gasteiger charge is 2.34. The molecular weight excluding hydrogens is 351 g/mol. The summed E-state index contributed by atoms with van der Waals surface area (Å²) < 4.78 is 14.2. The zero-order chi connectivity index (χ0) is 18.1. The first-order valence-electron chi connectivity index (χ1n) is 8.58. The highest BCUT2D eigenvalue weighted by Crippen LogP contribution is 2.30. The number of aryl methyl sites for hydroxylation is 1. The second kappa shape index (κ2) is 7.11. The lowest BCUT2D eigenvalue weighted by Gasteiger charge is -2.17. The van der Waals surface area contributed by atoms with E-state index in [-0.39, 0.29) is 23.7 Å². The Morgan fingerprint density at radius 1 is 1.31 bits per heavy atom. The van der Waals surface area contributed by atoms with Gasteiger partial charge in [0.2, 0.25) is 5.91 Å². The van der Waals surface area contributed by atoms with E-state index in [0.717, 1.165) is 22.2 Å². The van der Waals surface area contributed by atoms with Crippen molar-refractivity contribution in [3.8, 4) is 0 Å². The number of fused-ring (bicyclic) bond motifs is 1. The van der Waals surface area contributed by atoms with E-state index in [1.54, 1.807) is 12.1 Å². The topological polar surface area (TPSA) is 66.0 Å². The quantitative estimate of drug-likeness (QED) is 0.659. The Bertz CT molecular complexity index is 940. The van der Waals surface area contributed by atoms with E-state index < -0.39 is 0 Å². The van der Waals surface area contributed by atoms with Crippen LogP contribution < -0.4 is 16.2 Å². The van der Waals surface area contributed by atoms with Crippen LogP contribution in [0.5, 0.6) is 0 Å². The predicted octanol–water partition coefficient (Wildman–Crippen LogP) is 3.40. The van der Waals surface area contributed by atoms with Gasteiger partial charge < -0.3 is 5.32 Å². The maximum absolute atomic E-state index is 13.2. The number of amides is 1. The first kappa shape index (κ1) is 17.1. The lowest BCUT2D eigenvalue weighted by Crippen LogP contribution is -2.29. The molecule has 4 rings (SSSR count). The highest BCUT2D eigenvalue weighted by molar-refractivity contribution is 7.22. The Hall–Kier alpha value is -2.35. The number of benzene rings is 2. The van der Waals surface area contributed by atoms with Crippen molar-refractivity contribution < 1.29 is 9.18 Å². The number of halogens is 1. The second-order valence-electron chi connectivity index (χ2n) is 6.32. The Labute approximate surface area is 154 Å². The van der Waals surface area contributed by atoms with E-state index in [4.69, 9.17) is 0 Å². The van der Waals surface area contributed by atoms with Crippen LogP contribution in [0.25, 0.3) is 10.2 Å². The highest BCUT2D eigenvalue weighted by atomic mass is 32.1. The van der Waals surface area contributed by atoms with Crippen LogP contribution in [0.15, 0.2) is 42.5 Å². The van der Waals surface area contributed by atoms with Gasteiger partial charge >= 0.3 is 0 Å². The molecule has 7 heteroatoms. The molecular formula is C19H19FN4OS. The monoisotopic (exact) mass is 370 g/mol. The van der Waals surface area contributed by atoms with Gasteiger partial charge in [-0.3, -0.25) is 10.2 Å². The predicted molar refractivity (Wildman–Crippen MR) is 101 cm³/mol. The number of hydrogen-bond donors (Lipinski definition) is 3. The molecule has 1 saturated heterocycles. The third-order valence-electron chi connectivity index (χ3n) is 4.64. The van der Waals surface area contributed by atoms with Crippen LogP contribution in [0.3, 0.4) is 0 Å². The summed E-state index contributed by atoms with van der Waals surface area (Å²) in [5, 5.41) is 3.54. The third-order valence-corrected chi connectivity index (χ3v) is 5.57. The van der Waals surface area contributed by atoms with Gasteiger partial charge in [-0.05, 0) is 41.8 Å². The smallest absolute Gasteiger partial charge is 0.232 e. The minimum atomic E-state index is -0.307. The van der Waals surface area contributed by atoms with Crippen LogP contribution in [0.2, 0.25) is 0 Å². The number of hydrazine groups is 1. The van der Waals surface area contributed by atoms with Crippen LogP contribution in [-0.2, 0) is 11.2 Å². The Morgan fingerprint density at radius 2 is 2.12 bits per heavy atom. The fourth-order valence-corrected chi connectivity index (χ4v) is 4.10. The minimum Gasteiger partial charge on any atom is -0.302 e. The molecule has 5 nitrogen and oxygen atoms in total. The summed E-state index contributed by atoms with van der Waals surface area (Å²) in [4.78, 5) is 17.3. The Balaban J connectivity index is 1.52. The first-order chi connectivity index (χ1) is 12.6.